The first kappa shape index (κ1) is 27.0. The van der Waals surface area contributed by atoms with Crippen molar-refractivity contribution in [2.24, 2.45) is 0 Å². The number of nitrogens with one attached hydrogen (secondary N) is 3. The Bertz CT molecular complexity index is 1500. The Balaban J connectivity index is 1.51. The van der Waals surface area contributed by atoms with E-state index in [-0.39, 0.29) is 18.7 Å². The first-order valence-corrected chi connectivity index (χ1v) is 12.4. The van der Waals surface area contributed by atoms with E-state index in [1.807, 2.05) is 60.7 Å². The van der Waals surface area contributed by atoms with Crippen LogP contribution >= 0.6 is 0 Å². The van der Waals surface area contributed by atoms with Crippen molar-refractivity contribution in [1.29, 1.82) is 0 Å². The molecular weight excluding hydrogens is 496 g/mol. The van der Waals surface area contributed by atoms with Gasteiger partial charge in [0.1, 0.15) is 0 Å². The normalized spacial score (nSPS) is 12.2. The monoisotopic (exact) mass is 524 g/mol. The molecular formula is C30H28N4O5. The lowest BCUT2D eigenvalue weighted by Gasteiger charge is -2.31. The van der Waals surface area contributed by atoms with E-state index in [2.05, 4.69) is 16.0 Å². The fraction of sp³-hybridized carbons (Fsp3) is 0.167. The molecule has 0 saturated heterocycles. The first-order valence-electron chi connectivity index (χ1n) is 12.4. The summed E-state index contributed by atoms with van der Waals surface area (Å²) in [5, 5.41) is 20.7. The summed E-state index contributed by atoms with van der Waals surface area (Å²) in [7, 11) is 0. The number of rotatable bonds is 10. The lowest BCUT2D eigenvalue weighted by atomic mass is 10.0. The van der Waals surface area contributed by atoms with Crippen LogP contribution in [0.4, 0.5) is 5.69 Å². The van der Waals surface area contributed by atoms with Crippen LogP contribution < -0.4 is 16.0 Å². The quantitative estimate of drug-likeness (QED) is 0.162. The third-order valence-electron chi connectivity index (χ3n) is 6.33. The highest BCUT2D eigenvalue weighted by Gasteiger charge is 2.37. The summed E-state index contributed by atoms with van der Waals surface area (Å²) in [4.78, 5) is 50.1. The molecule has 0 spiro atoms. The molecule has 9 heteroatoms. The summed E-state index contributed by atoms with van der Waals surface area (Å²) >= 11 is 0. The van der Waals surface area contributed by atoms with Gasteiger partial charge in [-0.2, -0.15) is 0 Å². The van der Waals surface area contributed by atoms with E-state index in [9.17, 15) is 24.5 Å². The number of hydrogen-bond donors (Lipinski definition) is 3. The smallest absolute Gasteiger partial charge is 0.269 e. The number of nitro benzene ring substituents is 1. The minimum absolute atomic E-state index is 0.00348. The predicted octanol–water partition coefficient (Wildman–Crippen LogP) is 4.26. The summed E-state index contributed by atoms with van der Waals surface area (Å²) in [5.74, 6) is -1.56. The van der Waals surface area contributed by atoms with Crippen molar-refractivity contribution in [2.75, 3.05) is 0 Å². The second kappa shape index (κ2) is 12.0. The van der Waals surface area contributed by atoms with Crippen molar-refractivity contribution in [2.45, 2.75) is 32.0 Å². The van der Waals surface area contributed by atoms with E-state index in [1.165, 1.54) is 19.1 Å². The number of carbonyl (C=O) groups is 3. The molecule has 0 radical (unpaired) electrons. The van der Waals surface area contributed by atoms with Gasteiger partial charge in [-0.25, -0.2) is 0 Å². The zero-order valence-electron chi connectivity index (χ0n) is 21.3. The number of amides is 3. The number of nitro groups is 1. The van der Waals surface area contributed by atoms with Crippen LogP contribution in [0, 0.1) is 10.1 Å². The maximum absolute atomic E-state index is 13.4. The van der Waals surface area contributed by atoms with E-state index in [0.29, 0.717) is 17.4 Å². The molecule has 4 rings (SSSR count). The highest BCUT2D eigenvalue weighted by Crippen LogP contribution is 2.19. The van der Waals surface area contributed by atoms with Gasteiger partial charge in [-0.1, -0.05) is 78.9 Å². The van der Waals surface area contributed by atoms with E-state index in [4.69, 9.17) is 0 Å². The van der Waals surface area contributed by atoms with Crippen molar-refractivity contribution in [3.8, 4) is 0 Å². The maximum Gasteiger partial charge on any atom is 0.269 e. The summed E-state index contributed by atoms with van der Waals surface area (Å²) in [6, 6.07) is 27.9. The van der Waals surface area contributed by atoms with Crippen LogP contribution in [0.1, 0.15) is 34.8 Å². The van der Waals surface area contributed by atoms with Crippen LogP contribution in [-0.2, 0) is 22.6 Å². The van der Waals surface area contributed by atoms with Gasteiger partial charge in [-0.05, 0) is 41.3 Å². The van der Waals surface area contributed by atoms with Crippen molar-refractivity contribution < 1.29 is 19.3 Å². The van der Waals surface area contributed by atoms with Crippen LogP contribution in [0.25, 0.3) is 10.8 Å². The number of nitrogens with zero attached hydrogens (tertiary/aromatic N) is 1. The second-order valence-corrected chi connectivity index (χ2v) is 9.25. The van der Waals surface area contributed by atoms with Crippen LogP contribution in [0.15, 0.2) is 97.1 Å². The summed E-state index contributed by atoms with van der Waals surface area (Å²) in [6.07, 6.45) is 0.298. The lowest BCUT2D eigenvalue weighted by Crippen LogP contribution is -2.66. The standard InChI is InChI=1S/C30H28N4O5/c1-30(29(37)31-20-22-8-3-2-4-9-22,32-27(35)19-16-21-14-17-24(18-15-21)34(38)39)33-28(36)26-13-7-11-23-10-5-6-12-25(23)26/h2-15,17-18H,16,19-20H2,1H3,(H,31,37)(H,32,35)(H,33,36)/t30-/m0/s1. The zero-order chi connectivity index (χ0) is 27.8. The van der Waals surface area contributed by atoms with Gasteiger partial charge in [0, 0.05) is 30.7 Å². The van der Waals surface area contributed by atoms with Gasteiger partial charge in [0.25, 0.3) is 17.5 Å². The van der Waals surface area contributed by atoms with Crippen LogP contribution in [0.3, 0.4) is 0 Å². The molecule has 39 heavy (non-hydrogen) atoms. The molecule has 0 unspecified atom stereocenters. The number of fused-ring (bicyclic) bond motifs is 1. The van der Waals surface area contributed by atoms with Gasteiger partial charge in [0.15, 0.2) is 5.66 Å². The Morgan fingerprint density at radius 3 is 2.18 bits per heavy atom. The number of aryl methyl sites for hydroxylation is 1. The second-order valence-electron chi connectivity index (χ2n) is 9.25. The highest BCUT2D eigenvalue weighted by molar-refractivity contribution is 6.09. The van der Waals surface area contributed by atoms with Gasteiger partial charge in [-0.15, -0.1) is 0 Å². The largest absolute Gasteiger partial charge is 0.348 e. The molecule has 0 aliphatic heterocycles. The predicted molar refractivity (Wildman–Crippen MR) is 148 cm³/mol. The van der Waals surface area contributed by atoms with Crippen LogP contribution in [0.2, 0.25) is 0 Å². The topological polar surface area (TPSA) is 130 Å². The number of non-ortho nitro benzene ring substituents is 1. The van der Waals surface area contributed by atoms with E-state index < -0.39 is 28.3 Å². The molecule has 198 valence electrons. The summed E-state index contributed by atoms with van der Waals surface area (Å²) in [6.45, 7) is 1.65. The number of hydrogen-bond acceptors (Lipinski definition) is 5. The molecule has 3 amide bonds. The Hall–Kier alpha value is -5.05. The van der Waals surface area contributed by atoms with Gasteiger partial charge in [-0.3, -0.25) is 24.5 Å². The average Bonchev–Trinajstić information content (AvgIpc) is 2.95. The van der Waals surface area contributed by atoms with Gasteiger partial charge in [0.2, 0.25) is 5.91 Å². The van der Waals surface area contributed by atoms with Crippen molar-refractivity contribution in [1.82, 2.24) is 16.0 Å². The Morgan fingerprint density at radius 2 is 1.46 bits per heavy atom. The number of carbonyl (C=O) groups excluding carboxylic acids is 3. The first-order chi connectivity index (χ1) is 18.7. The van der Waals surface area contributed by atoms with Crippen LogP contribution in [0.5, 0.6) is 0 Å². The van der Waals surface area contributed by atoms with E-state index in [0.717, 1.165) is 16.5 Å². The molecule has 0 aliphatic carbocycles. The SMILES string of the molecule is C[C@](NC(=O)CCc1ccc([N+](=O)[O-])cc1)(NC(=O)c1cccc2ccccc12)C(=O)NCc1ccccc1. The molecule has 0 heterocycles. The van der Waals surface area contributed by atoms with Crippen LogP contribution in [-0.4, -0.2) is 28.3 Å². The third kappa shape index (κ3) is 6.84. The molecule has 0 fully saturated rings. The molecule has 0 aliphatic rings. The van der Waals surface area contributed by atoms with Gasteiger partial charge >= 0.3 is 0 Å². The van der Waals surface area contributed by atoms with Gasteiger partial charge in [0.05, 0.1) is 4.92 Å². The summed E-state index contributed by atoms with van der Waals surface area (Å²) in [5.41, 5.74) is 0.163. The van der Waals surface area contributed by atoms with Crippen molar-refractivity contribution in [3.63, 3.8) is 0 Å². The fourth-order valence-corrected chi connectivity index (χ4v) is 4.20. The Morgan fingerprint density at radius 1 is 0.795 bits per heavy atom. The molecule has 0 aromatic heterocycles. The minimum atomic E-state index is -1.75. The Labute approximate surface area is 225 Å². The molecule has 9 nitrogen and oxygen atoms in total. The molecule has 4 aromatic carbocycles. The molecule has 1 atom stereocenters. The van der Waals surface area contributed by atoms with E-state index in [1.54, 1.807) is 24.3 Å². The molecule has 4 aromatic rings. The Kier molecular flexibility index (Phi) is 8.30. The zero-order valence-corrected chi connectivity index (χ0v) is 21.3. The fourth-order valence-electron chi connectivity index (χ4n) is 4.20. The molecule has 3 N–H and O–H groups in total. The van der Waals surface area contributed by atoms with Crippen molar-refractivity contribution >= 4 is 34.2 Å². The third-order valence-corrected chi connectivity index (χ3v) is 6.33. The molecule has 0 saturated carbocycles. The summed E-state index contributed by atoms with van der Waals surface area (Å²) < 4.78 is 0. The van der Waals surface area contributed by atoms with Gasteiger partial charge < -0.3 is 16.0 Å². The average molecular weight is 525 g/mol. The minimum Gasteiger partial charge on any atom is -0.348 e. The highest BCUT2D eigenvalue weighted by atomic mass is 16.6. The number of benzene rings is 4. The maximum atomic E-state index is 13.4. The lowest BCUT2D eigenvalue weighted by molar-refractivity contribution is -0.384. The molecule has 0 bridgehead atoms. The van der Waals surface area contributed by atoms with E-state index >= 15 is 0 Å². The van der Waals surface area contributed by atoms with Crippen molar-refractivity contribution in [3.05, 3.63) is 124 Å².